The van der Waals surface area contributed by atoms with Gasteiger partial charge in [-0.25, -0.2) is 4.79 Å². The van der Waals surface area contributed by atoms with E-state index in [2.05, 4.69) is 23.5 Å². The highest BCUT2D eigenvalue weighted by Crippen LogP contribution is 2.20. The van der Waals surface area contributed by atoms with E-state index >= 15 is 0 Å². The highest BCUT2D eigenvalue weighted by molar-refractivity contribution is 5.89. The molecule has 1 N–H and O–H groups in total. The predicted octanol–water partition coefficient (Wildman–Crippen LogP) is 3.34. The molecule has 0 saturated heterocycles. The van der Waals surface area contributed by atoms with Crippen molar-refractivity contribution in [3.05, 3.63) is 59.7 Å². The van der Waals surface area contributed by atoms with Crippen molar-refractivity contribution < 1.29 is 4.79 Å². The molecule has 2 amide bonds. The molecule has 2 aromatic rings. The van der Waals surface area contributed by atoms with Gasteiger partial charge in [-0.1, -0.05) is 24.3 Å². The Morgan fingerprint density at radius 1 is 1.05 bits per heavy atom. The van der Waals surface area contributed by atoms with Gasteiger partial charge in [-0.3, -0.25) is 0 Å². The van der Waals surface area contributed by atoms with Crippen LogP contribution in [0.1, 0.15) is 11.1 Å². The van der Waals surface area contributed by atoms with E-state index in [9.17, 15) is 4.79 Å². The molecule has 4 heteroatoms. The molecule has 0 aliphatic carbocycles. The van der Waals surface area contributed by atoms with Crippen molar-refractivity contribution >= 4 is 17.4 Å². The molecule has 0 spiro atoms. The SMILES string of the molecule is CN(C)c1ccc(NC(=O)N2CCc3ccccc3C2)cc1. The first-order valence-electron chi connectivity index (χ1n) is 7.53. The van der Waals surface area contributed by atoms with Crippen molar-refractivity contribution in [2.45, 2.75) is 13.0 Å². The Bertz CT molecular complexity index is 664. The fraction of sp³-hybridized carbons (Fsp3) is 0.278. The van der Waals surface area contributed by atoms with Gasteiger partial charge in [0.2, 0.25) is 0 Å². The third kappa shape index (κ3) is 3.06. The fourth-order valence-corrected chi connectivity index (χ4v) is 2.71. The predicted molar refractivity (Wildman–Crippen MR) is 90.3 cm³/mol. The zero-order chi connectivity index (χ0) is 15.5. The molecule has 4 nitrogen and oxygen atoms in total. The van der Waals surface area contributed by atoms with Crippen LogP contribution < -0.4 is 10.2 Å². The summed E-state index contributed by atoms with van der Waals surface area (Å²) in [5.74, 6) is 0. The van der Waals surface area contributed by atoms with Gasteiger partial charge in [-0.05, 0) is 41.8 Å². The van der Waals surface area contributed by atoms with E-state index < -0.39 is 0 Å². The first-order chi connectivity index (χ1) is 10.6. The van der Waals surface area contributed by atoms with Crippen molar-refractivity contribution in [1.29, 1.82) is 0 Å². The molecule has 22 heavy (non-hydrogen) atoms. The van der Waals surface area contributed by atoms with Crippen LogP contribution in [0.4, 0.5) is 16.2 Å². The highest BCUT2D eigenvalue weighted by Gasteiger charge is 2.20. The maximum Gasteiger partial charge on any atom is 0.322 e. The lowest BCUT2D eigenvalue weighted by atomic mass is 10.0. The van der Waals surface area contributed by atoms with Gasteiger partial charge in [0.05, 0.1) is 0 Å². The highest BCUT2D eigenvalue weighted by atomic mass is 16.2. The minimum atomic E-state index is -0.0351. The average molecular weight is 295 g/mol. The maximum absolute atomic E-state index is 12.4. The number of fused-ring (bicyclic) bond motifs is 1. The van der Waals surface area contributed by atoms with Crippen molar-refractivity contribution in [3.63, 3.8) is 0 Å². The van der Waals surface area contributed by atoms with Crippen LogP contribution in [0.15, 0.2) is 48.5 Å². The molecular formula is C18H21N3O. The molecule has 2 aromatic carbocycles. The standard InChI is InChI=1S/C18H21N3O/c1-20(2)17-9-7-16(8-10-17)19-18(22)21-12-11-14-5-3-4-6-15(14)13-21/h3-10H,11-13H2,1-2H3,(H,19,22). The number of anilines is 2. The number of nitrogens with zero attached hydrogens (tertiary/aromatic N) is 2. The largest absolute Gasteiger partial charge is 0.378 e. The molecule has 0 aromatic heterocycles. The molecule has 0 saturated carbocycles. The average Bonchev–Trinajstić information content (AvgIpc) is 2.55. The molecule has 0 atom stereocenters. The van der Waals surface area contributed by atoms with Gasteiger partial charge in [0, 0.05) is 38.6 Å². The van der Waals surface area contributed by atoms with Gasteiger partial charge >= 0.3 is 6.03 Å². The van der Waals surface area contributed by atoms with Crippen LogP contribution in [0.5, 0.6) is 0 Å². The van der Waals surface area contributed by atoms with Crippen molar-refractivity contribution in [2.24, 2.45) is 0 Å². The number of nitrogens with one attached hydrogen (secondary N) is 1. The smallest absolute Gasteiger partial charge is 0.322 e. The number of hydrogen-bond donors (Lipinski definition) is 1. The number of benzene rings is 2. The Labute approximate surface area is 131 Å². The number of amides is 2. The van der Waals surface area contributed by atoms with Gasteiger partial charge in [-0.2, -0.15) is 0 Å². The number of urea groups is 1. The van der Waals surface area contributed by atoms with Crippen molar-refractivity contribution in [1.82, 2.24) is 4.90 Å². The summed E-state index contributed by atoms with van der Waals surface area (Å²) in [6.07, 6.45) is 0.920. The first kappa shape index (κ1) is 14.4. The van der Waals surface area contributed by atoms with Crippen LogP contribution >= 0.6 is 0 Å². The van der Waals surface area contributed by atoms with Crippen LogP contribution in [0, 0.1) is 0 Å². The fourth-order valence-electron chi connectivity index (χ4n) is 2.71. The second-order valence-corrected chi connectivity index (χ2v) is 5.81. The normalized spacial score (nSPS) is 13.5. The number of rotatable bonds is 2. The van der Waals surface area contributed by atoms with Gasteiger partial charge in [0.1, 0.15) is 0 Å². The van der Waals surface area contributed by atoms with E-state index in [4.69, 9.17) is 0 Å². The molecule has 114 valence electrons. The summed E-state index contributed by atoms with van der Waals surface area (Å²) in [6.45, 7) is 1.44. The quantitative estimate of drug-likeness (QED) is 0.922. The van der Waals surface area contributed by atoms with Crippen LogP contribution in [0.3, 0.4) is 0 Å². The summed E-state index contributed by atoms with van der Waals surface area (Å²) in [7, 11) is 4.00. The first-order valence-corrected chi connectivity index (χ1v) is 7.53. The second kappa shape index (κ2) is 6.10. The van der Waals surface area contributed by atoms with Crippen molar-refractivity contribution in [2.75, 3.05) is 30.9 Å². The van der Waals surface area contributed by atoms with Crippen LogP contribution in [0.2, 0.25) is 0 Å². The Morgan fingerprint density at radius 3 is 2.41 bits per heavy atom. The maximum atomic E-state index is 12.4. The molecule has 0 unspecified atom stereocenters. The molecule has 1 heterocycles. The Hall–Kier alpha value is -2.49. The summed E-state index contributed by atoms with van der Waals surface area (Å²) in [5.41, 5.74) is 4.54. The number of carbonyl (C=O) groups excluding carboxylic acids is 1. The lowest BCUT2D eigenvalue weighted by Crippen LogP contribution is -2.38. The summed E-state index contributed by atoms with van der Waals surface area (Å²) in [4.78, 5) is 16.3. The van der Waals surface area contributed by atoms with E-state index in [1.54, 1.807) is 0 Å². The number of hydrogen-bond acceptors (Lipinski definition) is 2. The van der Waals surface area contributed by atoms with Crippen LogP contribution in [0.25, 0.3) is 0 Å². The van der Waals surface area contributed by atoms with E-state index in [0.29, 0.717) is 6.54 Å². The van der Waals surface area contributed by atoms with Crippen LogP contribution in [-0.2, 0) is 13.0 Å². The van der Waals surface area contributed by atoms with E-state index in [1.807, 2.05) is 54.2 Å². The Morgan fingerprint density at radius 2 is 1.73 bits per heavy atom. The monoisotopic (exact) mass is 295 g/mol. The van der Waals surface area contributed by atoms with E-state index in [1.165, 1.54) is 11.1 Å². The van der Waals surface area contributed by atoms with E-state index in [-0.39, 0.29) is 6.03 Å². The van der Waals surface area contributed by atoms with Gasteiger partial charge in [0.25, 0.3) is 0 Å². The Balaban J connectivity index is 1.65. The topological polar surface area (TPSA) is 35.6 Å². The van der Waals surface area contributed by atoms with Crippen molar-refractivity contribution in [3.8, 4) is 0 Å². The molecule has 0 fully saturated rings. The summed E-state index contributed by atoms with van der Waals surface area (Å²) in [5, 5.41) is 2.98. The molecule has 0 radical (unpaired) electrons. The number of carbonyl (C=O) groups is 1. The third-order valence-corrected chi connectivity index (χ3v) is 4.05. The second-order valence-electron chi connectivity index (χ2n) is 5.81. The lowest BCUT2D eigenvalue weighted by Gasteiger charge is -2.29. The molecule has 1 aliphatic rings. The van der Waals surface area contributed by atoms with Crippen LogP contribution in [-0.4, -0.2) is 31.6 Å². The summed E-state index contributed by atoms with van der Waals surface area (Å²) < 4.78 is 0. The third-order valence-electron chi connectivity index (χ3n) is 4.05. The van der Waals surface area contributed by atoms with Gasteiger partial charge in [0.15, 0.2) is 0 Å². The zero-order valence-electron chi connectivity index (χ0n) is 13.0. The Kier molecular flexibility index (Phi) is 4.00. The van der Waals surface area contributed by atoms with E-state index in [0.717, 1.165) is 24.3 Å². The minimum Gasteiger partial charge on any atom is -0.378 e. The lowest BCUT2D eigenvalue weighted by molar-refractivity contribution is 0.206. The van der Waals surface area contributed by atoms with Gasteiger partial charge in [-0.15, -0.1) is 0 Å². The molecule has 1 aliphatic heterocycles. The molecule has 3 rings (SSSR count). The van der Waals surface area contributed by atoms with Gasteiger partial charge < -0.3 is 15.1 Å². The molecular weight excluding hydrogens is 274 g/mol. The molecule has 0 bridgehead atoms. The summed E-state index contributed by atoms with van der Waals surface area (Å²) >= 11 is 0. The zero-order valence-corrected chi connectivity index (χ0v) is 13.0. The minimum absolute atomic E-state index is 0.0351. The summed E-state index contributed by atoms with van der Waals surface area (Å²) in [6, 6.07) is 16.2.